The summed E-state index contributed by atoms with van der Waals surface area (Å²) < 4.78 is 5.34. The van der Waals surface area contributed by atoms with Crippen LogP contribution in [0.1, 0.15) is 175 Å². The summed E-state index contributed by atoms with van der Waals surface area (Å²) in [7, 11) is 0. The number of hydrogen-bond acceptors (Lipinski definition) is 1. The summed E-state index contributed by atoms with van der Waals surface area (Å²) in [6, 6.07) is 49.2. The van der Waals surface area contributed by atoms with E-state index in [1.807, 2.05) is 0 Å². The van der Waals surface area contributed by atoms with Crippen LogP contribution in [0.5, 0.6) is 0 Å². The predicted molar refractivity (Wildman–Crippen MR) is 316 cm³/mol. The molecule has 5 heterocycles. The highest BCUT2D eigenvalue weighted by molar-refractivity contribution is 6.99. The summed E-state index contributed by atoms with van der Waals surface area (Å²) in [6.45, 7) is 38.6. The molecule has 1 fully saturated rings. The maximum absolute atomic E-state index is 2.81. The van der Waals surface area contributed by atoms with Gasteiger partial charge in [0.2, 0.25) is 6.71 Å². The van der Waals surface area contributed by atoms with Gasteiger partial charge in [-0.2, -0.15) is 0 Å². The molecule has 2 aromatic heterocycles. The first-order valence-electron chi connectivity index (χ1n) is 27.7. The Morgan fingerprint density at radius 1 is 0.438 bits per heavy atom. The van der Waals surface area contributed by atoms with Gasteiger partial charge in [0.15, 0.2) is 0 Å². The Balaban J connectivity index is 1.19. The Morgan fingerprint density at radius 3 is 1.67 bits per heavy atom. The Kier molecular flexibility index (Phi) is 9.38. The number of aromatic nitrogens is 2. The van der Waals surface area contributed by atoms with Crippen molar-refractivity contribution in [2.75, 3.05) is 4.90 Å². The minimum Gasteiger partial charge on any atom is -0.334 e. The van der Waals surface area contributed by atoms with Crippen LogP contribution >= 0.6 is 0 Å². The molecule has 0 N–H and O–H groups in total. The highest BCUT2D eigenvalue weighted by Crippen LogP contribution is 2.62. The molecule has 0 spiro atoms. The zero-order valence-corrected chi connectivity index (χ0v) is 46.8. The summed E-state index contributed by atoms with van der Waals surface area (Å²) >= 11 is 0. The van der Waals surface area contributed by atoms with Crippen molar-refractivity contribution >= 4 is 78.1 Å². The molecule has 1 saturated carbocycles. The minimum absolute atomic E-state index is 0.0240. The van der Waals surface area contributed by atoms with Crippen LogP contribution in [0.15, 0.2) is 121 Å². The second kappa shape index (κ2) is 14.6. The third-order valence-corrected chi connectivity index (χ3v) is 19.3. The average molecular weight is 958 g/mol. The molecule has 0 radical (unpaired) electrons. The molecule has 4 aliphatic rings. The van der Waals surface area contributed by atoms with E-state index in [4.69, 9.17) is 0 Å². The van der Waals surface area contributed by atoms with Crippen LogP contribution in [0, 0.1) is 0 Å². The van der Waals surface area contributed by atoms with Crippen molar-refractivity contribution in [1.82, 2.24) is 9.13 Å². The Morgan fingerprint density at radius 2 is 1.03 bits per heavy atom. The van der Waals surface area contributed by atoms with Crippen LogP contribution < -0.4 is 21.3 Å². The van der Waals surface area contributed by atoms with Crippen LogP contribution in [-0.4, -0.2) is 21.4 Å². The fourth-order valence-corrected chi connectivity index (χ4v) is 14.8. The van der Waals surface area contributed by atoms with Gasteiger partial charge in [0.05, 0.1) is 27.6 Å². The van der Waals surface area contributed by atoms with Crippen molar-refractivity contribution in [2.45, 2.75) is 174 Å². The van der Waals surface area contributed by atoms with Crippen LogP contribution in [-0.2, 0) is 32.5 Å². The number of fused-ring (bicyclic) bond motifs is 14. The van der Waals surface area contributed by atoms with Gasteiger partial charge >= 0.3 is 0 Å². The molecule has 0 saturated heterocycles. The molecule has 2 atom stereocenters. The van der Waals surface area contributed by atoms with Gasteiger partial charge in [-0.1, -0.05) is 189 Å². The minimum atomic E-state index is -0.276. The standard InChI is InChI=1S/C69H76BN3/c1-63(2,3)41-23-28-45(29-24-41)71-55-22-18-17-21-47(55)48-38-54-62-59(61(48)71)49-35-43(65(7,8)9)27-32-56(49)72(62)58-37-44(66(10,11)12)36-52-60(58)70(54)53-39-51-57(40-50(53)67(52,13)14)73(69(16)34-20-19-33-68(51,69)15)46-30-25-42(26-31-46)64(4,5)6/h17-18,21-32,35-40H,19-20,33-34H2,1-16H3. The molecular formula is C69H76BN3. The fraction of sp³-hybridized carbons (Fsp3) is 0.391. The monoisotopic (exact) mass is 958 g/mol. The van der Waals surface area contributed by atoms with E-state index in [1.54, 1.807) is 0 Å². The zero-order chi connectivity index (χ0) is 51.5. The number of hydrogen-bond donors (Lipinski definition) is 0. The van der Waals surface area contributed by atoms with E-state index in [9.17, 15) is 0 Å². The van der Waals surface area contributed by atoms with E-state index >= 15 is 0 Å². The molecule has 3 nitrogen and oxygen atoms in total. The first-order valence-corrected chi connectivity index (χ1v) is 27.7. The molecule has 73 heavy (non-hydrogen) atoms. The number of anilines is 2. The SMILES string of the molecule is CC(C)(C)c1ccc(N2c3cc4c(cc3C3(C)CCCCC23C)B2c3c(cc(C(C)(C)C)cc3C4(C)C)-n3c4ccc(C(C)(C)C)cc4c4c3c2cc2c3ccccc3n(-c3ccc(C(C)(C)C)cc3)c24)cc1. The highest BCUT2D eigenvalue weighted by atomic mass is 15.3. The van der Waals surface area contributed by atoms with Gasteiger partial charge in [0.1, 0.15) is 0 Å². The van der Waals surface area contributed by atoms with Crippen molar-refractivity contribution < 1.29 is 0 Å². The van der Waals surface area contributed by atoms with Gasteiger partial charge in [-0.15, -0.1) is 0 Å². The van der Waals surface area contributed by atoms with Crippen molar-refractivity contribution in [3.63, 3.8) is 0 Å². The number of benzene rings is 7. The van der Waals surface area contributed by atoms with E-state index in [2.05, 4.69) is 246 Å². The molecule has 1 aliphatic carbocycles. The second-order valence-electron chi connectivity index (χ2n) is 28.2. The van der Waals surface area contributed by atoms with Crippen molar-refractivity contribution in [3.8, 4) is 11.4 Å². The summed E-state index contributed by atoms with van der Waals surface area (Å²) in [4.78, 5) is 2.81. The lowest BCUT2D eigenvalue weighted by molar-refractivity contribution is 0.195. The summed E-state index contributed by atoms with van der Waals surface area (Å²) in [6.07, 6.45) is 4.87. The summed E-state index contributed by atoms with van der Waals surface area (Å²) in [5.74, 6) is 0. The van der Waals surface area contributed by atoms with Crippen LogP contribution in [0.3, 0.4) is 0 Å². The first-order chi connectivity index (χ1) is 34.2. The first kappa shape index (κ1) is 46.8. The topological polar surface area (TPSA) is 13.1 Å². The molecule has 4 heteroatoms. The Labute approximate surface area is 436 Å². The lowest BCUT2D eigenvalue weighted by Crippen LogP contribution is -2.63. The van der Waals surface area contributed by atoms with Gasteiger partial charge in [-0.3, -0.25) is 0 Å². The number of nitrogens with zero attached hydrogens (tertiary/aromatic N) is 3. The predicted octanol–water partition coefficient (Wildman–Crippen LogP) is 16.3. The van der Waals surface area contributed by atoms with Gasteiger partial charge < -0.3 is 14.0 Å². The van der Waals surface area contributed by atoms with E-state index in [0.717, 1.165) is 0 Å². The van der Waals surface area contributed by atoms with Gasteiger partial charge in [-0.05, 0) is 146 Å². The van der Waals surface area contributed by atoms with E-state index < -0.39 is 0 Å². The number of para-hydroxylation sites is 1. The largest absolute Gasteiger partial charge is 0.334 e. The van der Waals surface area contributed by atoms with E-state index in [-0.39, 0.29) is 44.7 Å². The van der Waals surface area contributed by atoms with Crippen molar-refractivity contribution in [3.05, 3.63) is 160 Å². The van der Waals surface area contributed by atoms with Gasteiger partial charge in [0, 0.05) is 55.1 Å². The lowest BCUT2D eigenvalue weighted by Gasteiger charge is -2.50. The maximum atomic E-state index is 2.81. The average Bonchev–Trinajstić information content (AvgIpc) is 3.91. The summed E-state index contributed by atoms with van der Waals surface area (Å²) in [5.41, 5.74) is 24.6. The molecule has 7 aromatic carbocycles. The van der Waals surface area contributed by atoms with E-state index in [0.29, 0.717) is 0 Å². The molecule has 9 aromatic rings. The Bertz CT molecular complexity index is 3830. The highest BCUT2D eigenvalue weighted by Gasteiger charge is 2.59. The van der Waals surface area contributed by atoms with Gasteiger partial charge in [-0.25, -0.2) is 0 Å². The number of rotatable bonds is 2. The van der Waals surface area contributed by atoms with Gasteiger partial charge in [0.25, 0.3) is 0 Å². The quantitative estimate of drug-likeness (QED) is 0.157. The molecule has 0 bridgehead atoms. The maximum Gasteiger partial charge on any atom is 0.247 e. The second-order valence-corrected chi connectivity index (χ2v) is 28.2. The van der Waals surface area contributed by atoms with Crippen molar-refractivity contribution in [1.29, 1.82) is 0 Å². The third kappa shape index (κ3) is 6.25. The van der Waals surface area contributed by atoms with Crippen LogP contribution in [0.4, 0.5) is 11.4 Å². The lowest BCUT2D eigenvalue weighted by atomic mass is 9.30. The third-order valence-electron chi connectivity index (χ3n) is 19.3. The summed E-state index contributed by atoms with van der Waals surface area (Å²) in [5, 5.41) is 5.34. The molecule has 3 aliphatic heterocycles. The molecule has 2 unspecified atom stereocenters. The molecular weight excluding hydrogens is 882 g/mol. The fourth-order valence-electron chi connectivity index (χ4n) is 14.8. The van der Waals surface area contributed by atoms with Crippen LogP contribution in [0.2, 0.25) is 0 Å². The molecule has 13 rings (SSSR count). The molecule has 0 amide bonds. The Hall–Kier alpha value is -6.00. The van der Waals surface area contributed by atoms with E-state index in [1.165, 1.54) is 147 Å². The molecule has 370 valence electrons. The van der Waals surface area contributed by atoms with Crippen LogP contribution in [0.25, 0.3) is 55.0 Å². The normalized spacial score (nSPS) is 20.3. The zero-order valence-electron chi connectivity index (χ0n) is 46.8. The smallest absolute Gasteiger partial charge is 0.247 e. The van der Waals surface area contributed by atoms with Crippen molar-refractivity contribution in [2.24, 2.45) is 0 Å².